The van der Waals surface area contributed by atoms with Gasteiger partial charge in [-0.15, -0.1) is 0 Å². The molecule has 0 unspecified atom stereocenters. The van der Waals surface area contributed by atoms with E-state index in [1.807, 2.05) is 0 Å². The summed E-state index contributed by atoms with van der Waals surface area (Å²) in [5, 5.41) is 0. The molecule has 0 atom stereocenters. The summed E-state index contributed by atoms with van der Waals surface area (Å²) in [6.07, 6.45) is 19.2. The Morgan fingerprint density at radius 1 is 0.581 bits per heavy atom. The minimum atomic E-state index is -0.333. The smallest absolute Gasteiger partial charge is 0.315 e. The molecular formula is C24H48O4S2Sn. The van der Waals surface area contributed by atoms with Gasteiger partial charge >= 0.3 is 133 Å². The van der Waals surface area contributed by atoms with Crippen molar-refractivity contribution in [3.63, 3.8) is 0 Å². The summed E-state index contributed by atoms with van der Waals surface area (Å²) in [5.74, 6) is -0.482. The number of esters is 2. The van der Waals surface area contributed by atoms with Gasteiger partial charge in [-0.3, -0.25) is 9.59 Å². The fraction of sp³-hybridized carbons (Fsp3) is 0.917. The summed E-state index contributed by atoms with van der Waals surface area (Å²) < 4.78 is 12.8. The number of hydrogen-bond acceptors (Lipinski definition) is 6. The Kier molecular flexibility index (Phi) is 33.0. The van der Waals surface area contributed by atoms with Crippen molar-refractivity contribution >= 4 is 58.3 Å². The van der Waals surface area contributed by atoms with E-state index in [-0.39, 0.29) is 44.6 Å². The van der Waals surface area contributed by atoms with Crippen LogP contribution in [0.4, 0.5) is 0 Å². The number of rotatable bonds is 21. The summed E-state index contributed by atoms with van der Waals surface area (Å²) >= 11 is 7.57. The van der Waals surface area contributed by atoms with Crippen molar-refractivity contribution < 1.29 is 19.1 Å². The minimum Gasteiger partial charge on any atom is -0.465 e. The second-order valence-corrected chi connectivity index (χ2v) is 12.7. The third kappa shape index (κ3) is 32.7. The molecule has 0 aliphatic heterocycles. The molecule has 2 radical (unpaired) electrons. The Morgan fingerprint density at radius 3 is 1.29 bits per heavy atom. The van der Waals surface area contributed by atoms with Crippen molar-refractivity contribution in [1.29, 1.82) is 0 Å². The van der Waals surface area contributed by atoms with Crippen molar-refractivity contribution in [2.24, 2.45) is 0 Å². The molecule has 0 aliphatic rings. The van der Waals surface area contributed by atoms with Crippen LogP contribution in [0.1, 0.15) is 104 Å². The average Bonchev–Trinajstić information content (AvgIpc) is 2.79. The fourth-order valence-electron chi connectivity index (χ4n) is 2.85. The quantitative estimate of drug-likeness (QED) is 0.0664. The molecule has 31 heavy (non-hydrogen) atoms. The van der Waals surface area contributed by atoms with Gasteiger partial charge in [0.25, 0.3) is 0 Å². The zero-order chi connectivity index (χ0) is 23.4. The van der Waals surface area contributed by atoms with E-state index in [9.17, 15) is 9.59 Å². The molecular weight excluding hydrogens is 535 g/mol. The summed E-state index contributed by atoms with van der Waals surface area (Å²) in [5.41, 5.74) is 0. The Labute approximate surface area is 213 Å². The third-order valence-corrected chi connectivity index (χ3v) is 9.29. The van der Waals surface area contributed by atoms with Gasteiger partial charge in [0.1, 0.15) is 0 Å². The molecule has 0 saturated heterocycles. The van der Waals surface area contributed by atoms with Gasteiger partial charge in [0, 0.05) is 0 Å². The van der Waals surface area contributed by atoms with Gasteiger partial charge in [0.15, 0.2) is 0 Å². The van der Waals surface area contributed by atoms with E-state index in [4.69, 9.17) is 9.47 Å². The summed E-state index contributed by atoms with van der Waals surface area (Å²) in [7, 11) is 0. The standard InChI is InChI=1S/C8H14O4S2.2C8H17.Sn/c9-7(5-13)11-3-1-2-4-12-8(10)6-14;2*1-3-5-7-8-6-4-2;/h13-14H,1-6H2;2*1,3-8H2,2H3;. The van der Waals surface area contributed by atoms with E-state index >= 15 is 0 Å². The van der Waals surface area contributed by atoms with Crippen molar-refractivity contribution in [2.45, 2.75) is 113 Å². The molecule has 0 aliphatic carbocycles. The molecule has 0 spiro atoms. The maximum absolute atomic E-state index is 10.6. The molecule has 0 N–H and O–H groups in total. The van der Waals surface area contributed by atoms with Gasteiger partial charge in [-0.05, 0) is 12.8 Å². The zero-order valence-electron chi connectivity index (χ0n) is 20.2. The maximum Gasteiger partial charge on any atom is 0.315 e. The maximum atomic E-state index is 10.6. The fourth-order valence-corrected chi connectivity index (χ4v) is 6.60. The molecule has 0 rings (SSSR count). The number of hydrogen-bond donors (Lipinski definition) is 2. The number of carbonyl (C=O) groups excluding carboxylic acids is 2. The summed E-state index contributed by atoms with van der Waals surface area (Å²) in [4.78, 5) is 21.2. The van der Waals surface area contributed by atoms with Crippen LogP contribution in [0.15, 0.2) is 0 Å². The van der Waals surface area contributed by atoms with E-state index in [2.05, 4.69) is 39.1 Å². The van der Waals surface area contributed by atoms with Crippen LogP contribution in [0.3, 0.4) is 0 Å². The largest absolute Gasteiger partial charge is 0.465 e. The SMILES string of the molecule is CCCCCCC[CH2][Sn][CH2]CCCCCCC.O=C(CS)OCCCCOC(=O)CS. The van der Waals surface area contributed by atoms with E-state index in [1.165, 1.54) is 64.2 Å². The Bertz CT molecular complexity index is 351. The second kappa shape index (κ2) is 30.4. The molecule has 7 heteroatoms. The molecule has 0 fully saturated rings. The van der Waals surface area contributed by atoms with Crippen LogP contribution in [-0.2, 0) is 19.1 Å². The van der Waals surface area contributed by atoms with Crippen molar-refractivity contribution in [3.8, 4) is 0 Å². The molecule has 184 valence electrons. The van der Waals surface area contributed by atoms with Crippen LogP contribution in [0.5, 0.6) is 0 Å². The van der Waals surface area contributed by atoms with Crippen LogP contribution < -0.4 is 0 Å². The van der Waals surface area contributed by atoms with E-state index in [0.717, 1.165) is 0 Å². The Balaban J connectivity index is 0. The third-order valence-electron chi connectivity index (χ3n) is 4.74. The van der Waals surface area contributed by atoms with Crippen molar-refractivity contribution in [2.75, 3.05) is 24.7 Å². The van der Waals surface area contributed by atoms with E-state index in [0.29, 0.717) is 26.1 Å². The number of ether oxygens (including phenoxy) is 2. The van der Waals surface area contributed by atoms with E-state index in [1.54, 1.807) is 21.7 Å². The van der Waals surface area contributed by atoms with Gasteiger partial charge < -0.3 is 9.47 Å². The molecule has 0 heterocycles. The molecule has 0 aromatic carbocycles. The number of thiol groups is 2. The first-order valence-electron chi connectivity index (χ1n) is 12.4. The predicted octanol–water partition coefficient (Wildman–Crippen LogP) is 6.96. The molecule has 0 amide bonds. The molecule has 0 aromatic rings. The van der Waals surface area contributed by atoms with Crippen LogP contribution in [0.25, 0.3) is 0 Å². The topological polar surface area (TPSA) is 52.6 Å². The monoisotopic (exact) mass is 584 g/mol. The Hall–Kier alpha value is 0.439. The first kappa shape index (κ1) is 33.6. The van der Waals surface area contributed by atoms with Gasteiger partial charge in [0.05, 0.1) is 24.7 Å². The van der Waals surface area contributed by atoms with E-state index < -0.39 is 0 Å². The van der Waals surface area contributed by atoms with Gasteiger partial charge in [-0.25, -0.2) is 0 Å². The molecule has 0 bridgehead atoms. The van der Waals surface area contributed by atoms with Crippen molar-refractivity contribution in [1.82, 2.24) is 0 Å². The normalized spacial score (nSPS) is 10.3. The van der Waals surface area contributed by atoms with Gasteiger partial charge in [-0.1, -0.05) is 0 Å². The molecule has 4 nitrogen and oxygen atoms in total. The first-order valence-corrected chi connectivity index (χ1v) is 17.7. The second-order valence-electron chi connectivity index (χ2n) is 7.75. The minimum absolute atomic E-state index is 0.0736. The first-order chi connectivity index (χ1) is 15.1. The van der Waals surface area contributed by atoms with Crippen LogP contribution >= 0.6 is 25.3 Å². The zero-order valence-corrected chi connectivity index (χ0v) is 24.8. The Morgan fingerprint density at radius 2 is 0.935 bits per heavy atom. The molecule has 0 saturated carbocycles. The van der Waals surface area contributed by atoms with Gasteiger partial charge in [-0.2, -0.15) is 25.3 Å². The van der Waals surface area contributed by atoms with Crippen LogP contribution in [-0.4, -0.2) is 57.8 Å². The summed E-state index contributed by atoms with van der Waals surface area (Å²) in [6.45, 7) is 5.29. The van der Waals surface area contributed by atoms with Crippen LogP contribution in [0, 0.1) is 0 Å². The average molecular weight is 583 g/mol. The molecule has 0 aromatic heterocycles. The van der Waals surface area contributed by atoms with Gasteiger partial charge in [0.2, 0.25) is 0 Å². The number of unbranched alkanes of at least 4 members (excludes halogenated alkanes) is 11. The number of carbonyl (C=O) groups is 2. The van der Waals surface area contributed by atoms with Crippen LogP contribution in [0.2, 0.25) is 8.87 Å². The summed E-state index contributed by atoms with van der Waals surface area (Å²) in [6, 6.07) is 0. The predicted molar refractivity (Wildman–Crippen MR) is 141 cm³/mol. The van der Waals surface area contributed by atoms with Crippen molar-refractivity contribution in [3.05, 3.63) is 0 Å².